The van der Waals surface area contributed by atoms with Gasteiger partial charge in [-0.3, -0.25) is 0 Å². The Morgan fingerprint density at radius 3 is 2.44 bits per heavy atom. The summed E-state index contributed by atoms with van der Waals surface area (Å²) >= 11 is 6.33. The smallest absolute Gasteiger partial charge is 0.375 e. The van der Waals surface area contributed by atoms with Crippen molar-refractivity contribution in [2.75, 3.05) is 5.32 Å². The summed E-state index contributed by atoms with van der Waals surface area (Å²) in [7, 11) is 0. The van der Waals surface area contributed by atoms with Crippen LogP contribution < -0.4 is 5.32 Å². The first kappa shape index (κ1) is 30.3. The molecule has 0 aliphatic heterocycles. The quantitative estimate of drug-likeness (QED) is 0.305. The van der Waals surface area contributed by atoms with Gasteiger partial charge in [-0.25, -0.2) is 0 Å². The van der Waals surface area contributed by atoms with E-state index in [2.05, 4.69) is 36.2 Å². The molecule has 2 fully saturated rings. The summed E-state index contributed by atoms with van der Waals surface area (Å²) in [6.45, 7) is 4.21. The van der Waals surface area contributed by atoms with Crippen LogP contribution in [0.25, 0.3) is 0 Å². The molecule has 2 saturated carbocycles. The number of fused-ring (bicyclic) bond motifs is 2. The molecule has 222 valence electrons. The van der Waals surface area contributed by atoms with Gasteiger partial charge in [-0.05, 0) is 116 Å². The Kier molecular flexibility index (Phi) is 9.31. The zero-order chi connectivity index (χ0) is 29.1. The second-order valence-corrected chi connectivity index (χ2v) is 13.3. The van der Waals surface area contributed by atoms with Gasteiger partial charge in [-0.1, -0.05) is 81.8 Å². The average Bonchev–Trinajstić information content (AvgIpc) is 3.25. The topological polar surface area (TPSA) is 12.0 Å². The van der Waals surface area contributed by atoms with Crippen LogP contribution in [0, 0.1) is 5.92 Å². The highest BCUT2D eigenvalue weighted by Gasteiger charge is 2.52. The number of halogens is 4. The molecule has 2 aromatic rings. The molecule has 0 aromatic heterocycles. The van der Waals surface area contributed by atoms with E-state index < -0.39 is 11.7 Å². The number of unbranched alkanes of at least 4 members (excludes halogenated alkanes) is 1. The Morgan fingerprint density at radius 2 is 1.78 bits per heavy atom. The Morgan fingerprint density at radius 1 is 1.02 bits per heavy atom. The number of rotatable bonds is 8. The normalized spacial score (nSPS) is 26.4. The van der Waals surface area contributed by atoms with E-state index >= 15 is 0 Å². The number of hydrogen-bond donors (Lipinski definition) is 1. The van der Waals surface area contributed by atoms with Crippen molar-refractivity contribution in [2.45, 2.75) is 127 Å². The maximum Gasteiger partial charge on any atom is 0.416 e. The van der Waals surface area contributed by atoms with Gasteiger partial charge in [0, 0.05) is 10.7 Å². The van der Waals surface area contributed by atoms with Gasteiger partial charge >= 0.3 is 6.18 Å². The van der Waals surface area contributed by atoms with E-state index in [1.54, 1.807) is 5.56 Å². The summed E-state index contributed by atoms with van der Waals surface area (Å²) in [6, 6.07) is 14.9. The molecular weight excluding hydrogens is 539 g/mol. The fraction of sp³-hybridized carbons (Fsp3) is 0.583. The predicted molar refractivity (Wildman–Crippen MR) is 165 cm³/mol. The average molecular weight is 584 g/mol. The van der Waals surface area contributed by atoms with Crippen molar-refractivity contribution >= 4 is 17.3 Å². The van der Waals surface area contributed by atoms with Crippen molar-refractivity contribution in [3.8, 4) is 0 Å². The molecule has 0 amide bonds. The van der Waals surface area contributed by atoms with Crippen molar-refractivity contribution in [1.29, 1.82) is 0 Å². The summed E-state index contributed by atoms with van der Waals surface area (Å²) in [5.74, 6) is 1.25. The van der Waals surface area contributed by atoms with Crippen LogP contribution in [0.1, 0.15) is 120 Å². The highest BCUT2D eigenvalue weighted by Crippen LogP contribution is 2.57. The van der Waals surface area contributed by atoms with E-state index in [-0.39, 0.29) is 5.41 Å². The molecule has 5 heteroatoms. The van der Waals surface area contributed by atoms with E-state index in [9.17, 15) is 13.2 Å². The van der Waals surface area contributed by atoms with Crippen molar-refractivity contribution in [3.05, 3.63) is 81.6 Å². The zero-order valence-corrected chi connectivity index (χ0v) is 25.4. The lowest BCUT2D eigenvalue weighted by Gasteiger charge is -2.49. The first-order valence-electron chi connectivity index (χ1n) is 15.9. The van der Waals surface area contributed by atoms with Gasteiger partial charge in [0.25, 0.3) is 0 Å². The minimum absolute atomic E-state index is 0.0846. The second kappa shape index (κ2) is 12.6. The van der Waals surface area contributed by atoms with E-state index in [4.69, 9.17) is 11.6 Å². The van der Waals surface area contributed by atoms with Gasteiger partial charge in [0.05, 0.1) is 11.6 Å². The minimum Gasteiger partial charge on any atom is -0.375 e. The first-order valence-corrected chi connectivity index (χ1v) is 16.3. The molecule has 1 nitrogen and oxygen atoms in total. The van der Waals surface area contributed by atoms with E-state index in [0.717, 1.165) is 37.8 Å². The number of nitrogens with one attached hydrogen (secondary N) is 1. The highest BCUT2D eigenvalue weighted by molar-refractivity contribution is 6.30. The van der Waals surface area contributed by atoms with Gasteiger partial charge < -0.3 is 5.32 Å². The van der Waals surface area contributed by atoms with E-state index in [1.165, 1.54) is 62.5 Å². The van der Waals surface area contributed by atoms with Crippen molar-refractivity contribution in [3.63, 3.8) is 0 Å². The Balaban J connectivity index is 1.53. The lowest BCUT2D eigenvalue weighted by Crippen LogP contribution is -2.49. The number of alkyl halides is 3. The molecule has 0 radical (unpaired) electrons. The van der Waals surface area contributed by atoms with Crippen molar-refractivity contribution in [1.82, 2.24) is 0 Å². The summed E-state index contributed by atoms with van der Waals surface area (Å²) in [4.78, 5) is 0. The van der Waals surface area contributed by atoms with Crippen molar-refractivity contribution in [2.24, 2.45) is 5.92 Å². The van der Waals surface area contributed by atoms with Crippen LogP contribution in [-0.2, 0) is 11.8 Å². The van der Waals surface area contributed by atoms with Crippen LogP contribution in [0.2, 0.25) is 5.02 Å². The van der Waals surface area contributed by atoms with Crippen LogP contribution in [0.3, 0.4) is 0 Å². The third kappa shape index (κ3) is 6.60. The minimum atomic E-state index is -4.39. The molecule has 3 aliphatic rings. The molecule has 1 atom stereocenters. The summed E-state index contributed by atoms with van der Waals surface area (Å²) < 4.78 is 40.0. The lowest BCUT2D eigenvalue weighted by atomic mass is 9.58. The molecule has 1 unspecified atom stereocenters. The largest absolute Gasteiger partial charge is 0.416 e. The van der Waals surface area contributed by atoms with Gasteiger partial charge in [0.15, 0.2) is 0 Å². The SMILES string of the molecule is CCCCC1Cc2ccc(C3CCCCC3)cc2C12CCC(Nc1cccc(Cl)c1)(C(=C=CC(F)(F)F)CC)CC2. The Hall–Kier alpha value is -2.16. The number of hydrogen-bond acceptors (Lipinski definition) is 1. The summed E-state index contributed by atoms with van der Waals surface area (Å²) in [6.07, 6.45) is 11.2. The third-order valence-electron chi connectivity index (χ3n) is 10.4. The molecule has 0 saturated heterocycles. The first-order chi connectivity index (χ1) is 19.7. The van der Waals surface area contributed by atoms with E-state index in [1.807, 2.05) is 31.2 Å². The predicted octanol–water partition coefficient (Wildman–Crippen LogP) is 11.5. The molecule has 3 aliphatic carbocycles. The maximum atomic E-state index is 13.3. The Labute approximate surface area is 249 Å². The summed E-state index contributed by atoms with van der Waals surface area (Å²) in [5, 5.41) is 4.32. The van der Waals surface area contributed by atoms with Crippen LogP contribution in [-0.4, -0.2) is 11.7 Å². The molecule has 0 bridgehead atoms. The Bertz CT molecular complexity index is 1260. The van der Waals surface area contributed by atoms with Crippen molar-refractivity contribution < 1.29 is 13.2 Å². The van der Waals surface area contributed by atoms with Gasteiger partial charge in [0.2, 0.25) is 0 Å². The maximum absolute atomic E-state index is 13.3. The fourth-order valence-electron chi connectivity index (χ4n) is 8.33. The molecular formula is C36H45ClF3N. The molecule has 41 heavy (non-hydrogen) atoms. The van der Waals surface area contributed by atoms with Gasteiger partial charge in [0.1, 0.15) is 0 Å². The molecule has 1 spiro atoms. The summed E-state index contributed by atoms with van der Waals surface area (Å²) in [5.41, 5.74) is 8.32. The molecule has 2 aromatic carbocycles. The van der Waals surface area contributed by atoms with E-state index in [0.29, 0.717) is 34.9 Å². The van der Waals surface area contributed by atoms with Gasteiger partial charge in [-0.15, -0.1) is 5.73 Å². The molecule has 0 heterocycles. The lowest BCUT2D eigenvalue weighted by molar-refractivity contribution is -0.0797. The third-order valence-corrected chi connectivity index (χ3v) is 10.7. The van der Waals surface area contributed by atoms with Crippen LogP contribution in [0.5, 0.6) is 0 Å². The number of anilines is 1. The zero-order valence-electron chi connectivity index (χ0n) is 24.7. The van der Waals surface area contributed by atoms with Gasteiger partial charge in [-0.2, -0.15) is 13.2 Å². The van der Waals surface area contributed by atoms with Crippen LogP contribution in [0.4, 0.5) is 18.9 Å². The van der Waals surface area contributed by atoms with Crippen LogP contribution >= 0.6 is 11.6 Å². The molecule has 5 rings (SSSR count). The fourth-order valence-corrected chi connectivity index (χ4v) is 8.52. The number of benzene rings is 2. The highest BCUT2D eigenvalue weighted by atomic mass is 35.5. The van der Waals surface area contributed by atoms with Crippen LogP contribution in [0.15, 0.2) is 59.8 Å². The second-order valence-electron chi connectivity index (χ2n) is 12.8. The standard InChI is InChI=1S/C36H45ClF3N/c1-3-5-12-30-23-28-16-15-27(26-10-7-6-8-11-26)24-33(28)34(30)19-21-35(22-20-34,29(4-2)17-18-36(38,39)40)41-32-14-9-13-31(37)25-32/h9,13-16,18,24-26,30,41H,3-8,10-12,19-23H2,1-2H3. The monoisotopic (exact) mass is 583 g/mol. The molecule has 1 N–H and O–H groups in total.